The van der Waals surface area contributed by atoms with E-state index in [-0.39, 0.29) is 17.8 Å². The second-order valence-electron chi connectivity index (χ2n) is 15.5. The average molecular weight is 801 g/mol. The first-order valence-electron chi connectivity index (χ1n) is 20.4. The first-order chi connectivity index (χ1) is 27.5. The maximum atomic E-state index is 11.7. The summed E-state index contributed by atoms with van der Waals surface area (Å²) >= 11 is 0. The van der Waals surface area contributed by atoms with E-state index in [2.05, 4.69) is 6.92 Å². The van der Waals surface area contributed by atoms with Crippen molar-refractivity contribution >= 4 is 34.6 Å². The monoisotopic (exact) mass is 800 g/mol. The Bertz CT molecular complexity index is 1870. The molecule has 0 aliphatic carbocycles. The molecule has 1 unspecified atom stereocenters. The molecule has 1 atom stereocenters. The van der Waals surface area contributed by atoms with E-state index in [0.29, 0.717) is 29.9 Å². The van der Waals surface area contributed by atoms with Crippen LogP contribution in [0.15, 0.2) is 78.9 Å². The highest BCUT2D eigenvalue weighted by Gasteiger charge is 2.24. The van der Waals surface area contributed by atoms with Crippen LogP contribution in [-0.2, 0) is 26.2 Å². The molecule has 0 amide bonds. The summed E-state index contributed by atoms with van der Waals surface area (Å²) in [7, 11) is 1.59. The lowest BCUT2D eigenvalue weighted by Crippen LogP contribution is -2.27. The quantitative estimate of drug-likeness (QED) is 0.0446. The van der Waals surface area contributed by atoms with E-state index in [4.69, 9.17) is 24.4 Å². The van der Waals surface area contributed by atoms with E-state index < -0.39 is 24.0 Å². The summed E-state index contributed by atoms with van der Waals surface area (Å²) in [6.45, 7) is 11.6. The van der Waals surface area contributed by atoms with Gasteiger partial charge in [0.05, 0.1) is 12.7 Å². The van der Waals surface area contributed by atoms with Crippen LogP contribution in [0.5, 0.6) is 17.2 Å². The van der Waals surface area contributed by atoms with Crippen LogP contribution in [0.25, 0.3) is 10.8 Å². The standard InChI is InChI=1S/C26H42O5.C12H10O3.C10H12O2/c1-6-7-8-9-10-11-12-13-14-15-16-24(25(28)29)31-21-17-18-23(30-20(2)27)22(19-21)26(3,4)5;1-15-9-5-6-10-8(7-9)3-2-4-11(10)12(13)14;1-8-2-4-9(5-3-8)6-7-10(11)12/h17-19,24H,6-16H2,1-5H3,(H,28,29);2-7H,1H3,(H,13,14);2-5H,6-7H2,1H3,(H,11,12). The molecule has 3 N–H and O–H groups in total. The molecule has 4 rings (SSSR count). The number of ether oxygens (including phenoxy) is 3. The number of carbonyl (C=O) groups excluding carboxylic acids is 1. The van der Waals surface area contributed by atoms with E-state index in [0.717, 1.165) is 46.9 Å². The first-order valence-corrected chi connectivity index (χ1v) is 20.4. The fraction of sp³-hybridized carbons (Fsp3) is 0.458. The van der Waals surface area contributed by atoms with Gasteiger partial charge in [-0.2, -0.15) is 0 Å². The zero-order valence-corrected chi connectivity index (χ0v) is 35.5. The van der Waals surface area contributed by atoms with Gasteiger partial charge >= 0.3 is 23.9 Å². The highest BCUT2D eigenvalue weighted by molar-refractivity contribution is 6.03. The van der Waals surface area contributed by atoms with Gasteiger partial charge in [-0.1, -0.05) is 127 Å². The number of benzene rings is 4. The molecule has 316 valence electrons. The molecular weight excluding hydrogens is 737 g/mol. The van der Waals surface area contributed by atoms with E-state index in [1.165, 1.54) is 57.4 Å². The SMILES string of the molecule is CCCCCCCCCCCCC(Oc1ccc(OC(C)=O)c(C(C)(C)C)c1)C(=O)O.COc1ccc2c(C(=O)O)cccc2c1.Cc1ccc(CCC(=O)O)cc1. The summed E-state index contributed by atoms with van der Waals surface area (Å²) in [6.07, 6.45) is 12.5. The molecule has 0 heterocycles. The van der Waals surface area contributed by atoms with Gasteiger partial charge < -0.3 is 29.5 Å². The summed E-state index contributed by atoms with van der Waals surface area (Å²) in [5, 5.41) is 28.6. The molecule has 0 spiro atoms. The number of methoxy groups -OCH3 is 1. The molecule has 0 aliphatic heterocycles. The fourth-order valence-corrected chi connectivity index (χ4v) is 6.21. The van der Waals surface area contributed by atoms with Gasteiger partial charge in [-0.05, 0) is 90.4 Å². The summed E-state index contributed by atoms with van der Waals surface area (Å²) in [5.74, 6) is -1.29. The number of aryl methyl sites for hydroxylation is 2. The fourth-order valence-electron chi connectivity index (χ4n) is 6.21. The van der Waals surface area contributed by atoms with Gasteiger partial charge in [0.1, 0.15) is 17.2 Å². The summed E-state index contributed by atoms with van der Waals surface area (Å²) in [6, 6.07) is 23.6. The van der Waals surface area contributed by atoms with Crippen LogP contribution in [0, 0.1) is 6.92 Å². The third-order valence-electron chi connectivity index (χ3n) is 9.45. The predicted octanol–water partition coefficient (Wildman–Crippen LogP) is 11.6. The molecule has 0 fully saturated rings. The molecule has 0 aliphatic rings. The maximum absolute atomic E-state index is 11.7. The van der Waals surface area contributed by atoms with Crippen molar-refractivity contribution in [3.8, 4) is 17.2 Å². The summed E-state index contributed by atoms with van der Waals surface area (Å²) in [5.41, 5.74) is 3.13. The topological polar surface area (TPSA) is 157 Å². The number of carbonyl (C=O) groups is 4. The number of aliphatic carboxylic acids is 2. The predicted molar refractivity (Wildman–Crippen MR) is 230 cm³/mol. The Morgan fingerprint density at radius 3 is 1.86 bits per heavy atom. The van der Waals surface area contributed by atoms with Crippen LogP contribution in [-0.4, -0.2) is 52.4 Å². The Morgan fingerprint density at radius 2 is 1.33 bits per heavy atom. The number of unbranched alkanes of at least 4 members (excludes halogenated alkanes) is 9. The molecule has 0 bridgehead atoms. The Kier molecular flexibility index (Phi) is 21.7. The van der Waals surface area contributed by atoms with Crippen molar-refractivity contribution in [2.45, 2.75) is 137 Å². The van der Waals surface area contributed by atoms with Crippen molar-refractivity contribution in [3.63, 3.8) is 0 Å². The minimum atomic E-state index is -0.947. The van der Waals surface area contributed by atoms with Gasteiger partial charge in [0.2, 0.25) is 0 Å². The van der Waals surface area contributed by atoms with Crippen LogP contribution >= 0.6 is 0 Å². The lowest BCUT2D eigenvalue weighted by atomic mass is 9.86. The number of hydrogen-bond donors (Lipinski definition) is 3. The normalized spacial score (nSPS) is 11.3. The number of rotatable bonds is 20. The first kappa shape index (κ1) is 48.8. The second-order valence-corrected chi connectivity index (χ2v) is 15.5. The molecule has 10 heteroatoms. The van der Waals surface area contributed by atoms with Gasteiger partial charge in [0.15, 0.2) is 6.10 Å². The van der Waals surface area contributed by atoms with E-state index >= 15 is 0 Å². The van der Waals surface area contributed by atoms with Gasteiger partial charge in [-0.15, -0.1) is 0 Å². The molecule has 0 saturated heterocycles. The number of carboxylic acids is 3. The smallest absolute Gasteiger partial charge is 0.344 e. The van der Waals surface area contributed by atoms with Gasteiger partial charge in [-0.3, -0.25) is 9.59 Å². The van der Waals surface area contributed by atoms with E-state index in [1.807, 2.05) is 64.1 Å². The molecular formula is C48H64O10. The van der Waals surface area contributed by atoms with Crippen LogP contribution in [0.3, 0.4) is 0 Å². The Hall–Kier alpha value is -5.38. The molecule has 4 aromatic carbocycles. The largest absolute Gasteiger partial charge is 0.497 e. The number of carboxylic acid groups (broad SMARTS) is 3. The Balaban J connectivity index is 0.000000350. The van der Waals surface area contributed by atoms with Crippen LogP contribution in [0.2, 0.25) is 0 Å². The molecule has 0 saturated carbocycles. The number of fused-ring (bicyclic) bond motifs is 1. The molecule has 4 aromatic rings. The number of esters is 1. The van der Waals surface area contributed by atoms with E-state index in [9.17, 15) is 24.3 Å². The minimum absolute atomic E-state index is 0.211. The molecule has 0 radical (unpaired) electrons. The van der Waals surface area contributed by atoms with E-state index in [1.54, 1.807) is 49.6 Å². The van der Waals surface area contributed by atoms with Crippen molar-refractivity contribution < 1.29 is 48.7 Å². The third kappa shape index (κ3) is 18.7. The van der Waals surface area contributed by atoms with Crippen molar-refractivity contribution in [2.24, 2.45) is 0 Å². The van der Waals surface area contributed by atoms with Crippen LogP contribution in [0.4, 0.5) is 0 Å². The summed E-state index contributed by atoms with van der Waals surface area (Å²) in [4.78, 5) is 44.3. The van der Waals surface area contributed by atoms with Crippen molar-refractivity contribution in [2.75, 3.05) is 7.11 Å². The maximum Gasteiger partial charge on any atom is 0.344 e. The highest BCUT2D eigenvalue weighted by Crippen LogP contribution is 2.35. The van der Waals surface area contributed by atoms with Crippen LogP contribution < -0.4 is 14.2 Å². The lowest BCUT2D eigenvalue weighted by Gasteiger charge is -2.24. The zero-order chi connectivity index (χ0) is 43.1. The van der Waals surface area contributed by atoms with Crippen molar-refractivity contribution in [3.05, 3.63) is 101 Å². The Morgan fingerprint density at radius 1 is 0.724 bits per heavy atom. The number of aromatic carboxylic acids is 1. The van der Waals surface area contributed by atoms with Crippen LogP contribution in [0.1, 0.15) is 139 Å². The van der Waals surface area contributed by atoms with Gasteiger partial charge in [0.25, 0.3) is 0 Å². The average Bonchev–Trinajstić information content (AvgIpc) is 3.17. The summed E-state index contributed by atoms with van der Waals surface area (Å²) < 4.78 is 16.2. The molecule has 0 aromatic heterocycles. The van der Waals surface area contributed by atoms with Gasteiger partial charge in [-0.25, -0.2) is 9.59 Å². The zero-order valence-electron chi connectivity index (χ0n) is 35.5. The van der Waals surface area contributed by atoms with Crippen molar-refractivity contribution in [1.29, 1.82) is 0 Å². The second kappa shape index (κ2) is 25.8. The third-order valence-corrected chi connectivity index (χ3v) is 9.45. The molecule has 10 nitrogen and oxygen atoms in total. The van der Waals surface area contributed by atoms with Crippen molar-refractivity contribution in [1.82, 2.24) is 0 Å². The molecule has 58 heavy (non-hydrogen) atoms. The Labute approximate surface area is 344 Å². The van der Waals surface area contributed by atoms with Gasteiger partial charge in [0, 0.05) is 18.9 Å². The number of hydrogen-bond acceptors (Lipinski definition) is 7. The minimum Gasteiger partial charge on any atom is -0.497 e. The lowest BCUT2D eigenvalue weighted by molar-refractivity contribution is -0.145. The highest BCUT2D eigenvalue weighted by atomic mass is 16.5.